The molecule has 0 unspecified atom stereocenters. The molecule has 1 aliphatic rings. The molecular weight excluding hydrogens is 166 g/mol. The Morgan fingerprint density at radius 1 is 1.42 bits per heavy atom. The molecule has 1 atom stereocenters. The number of carboxylic acid groups (broad SMARTS) is 2. The topological polar surface area (TPSA) is 94.9 Å². The minimum Gasteiger partial charge on any atom is -0.481 e. The predicted octanol–water partition coefficient (Wildman–Crippen LogP) is -0.402. The lowest BCUT2D eigenvalue weighted by Gasteiger charge is -2.07. The fraction of sp³-hybridized carbons (Fsp3) is 0.500. The van der Waals surface area contributed by atoms with E-state index in [0.29, 0.717) is 4.90 Å². The van der Waals surface area contributed by atoms with E-state index in [1.165, 1.54) is 0 Å². The molecule has 1 saturated heterocycles. The van der Waals surface area contributed by atoms with Crippen molar-refractivity contribution in [1.29, 1.82) is 0 Å². The van der Waals surface area contributed by atoms with Crippen LogP contribution < -0.4 is 0 Å². The number of carbonyl (C=O) groups is 3. The Bertz CT molecular complexity index is 224. The fourth-order valence-corrected chi connectivity index (χ4v) is 1.10. The molecule has 0 saturated carbocycles. The molecule has 1 rings (SSSR count). The van der Waals surface area contributed by atoms with Gasteiger partial charge in [-0.25, -0.2) is 9.69 Å². The maximum atomic E-state index is 11.0. The normalized spacial score (nSPS) is 22.8. The summed E-state index contributed by atoms with van der Waals surface area (Å²) < 4.78 is 0. The summed E-state index contributed by atoms with van der Waals surface area (Å²) in [7, 11) is 0. The molecule has 1 heterocycles. The van der Waals surface area contributed by atoms with E-state index in [1.54, 1.807) is 0 Å². The summed E-state index contributed by atoms with van der Waals surface area (Å²) in [6.07, 6.45) is -1.32. The Balaban J connectivity index is 2.74. The Morgan fingerprint density at radius 3 is 2.25 bits per heavy atom. The lowest BCUT2D eigenvalue weighted by molar-refractivity contribution is -0.146. The summed E-state index contributed by atoms with van der Waals surface area (Å²) in [6.45, 7) is -0.0227. The van der Waals surface area contributed by atoms with Crippen molar-refractivity contribution in [1.82, 2.24) is 4.90 Å². The third-order valence-electron chi connectivity index (χ3n) is 1.73. The molecule has 0 aromatic heterocycles. The SMILES string of the molecule is O=C(O)[C@@H]1CCN(C(=O)O)C1=O. The molecule has 1 aliphatic heterocycles. The highest BCUT2D eigenvalue weighted by molar-refractivity contribution is 6.04. The van der Waals surface area contributed by atoms with E-state index >= 15 is 0 Å². The first-order chi connectivity index (χ1) is 5.54. The zero-order valence-electron chi connectivity index (χ0n) is 6.06. The summed E-state index contributed by atoms with van der Waals surface area (Å²) in [4.78, 5) is 32.1. The molecule has 6 nitrogen and oxygen atoms in total. The first-order valence-electron chi connectivity index (χ1n) is 3.31. The van der Waals surface area contributed by atoms with Crippen molar-refractivity contribution < 1.29 is 24.6 Å². The molecule has 66 valence electrons. The van der Waals surface area contributed by atoms with E-state index in [1.807, 2.05) is 0 Å². The van der Waals surface area contributed by atoms with E-state index in [2.05, 4.69) is 0 Å². The van der Waals surface area contributed by atoms with Gasteiger partial charge >= 0.3 is 12.1 Å². The Kier molecular flexibility index (Phi) is 1.99. The third kappa shape index (κ3) is 1.23. The van der Waals surface area contributed by atoms with Crippen LogP contribution in [0.3, 0.4) is 0 Å². The lowest BCUT2D eigenvalue weighted by atomic mass is 10.1. The van der Waals surface area contributed by atoms with Crippen LogP contribution in [0.5, 0.6) is 0 Å². The monoisotopic (exact) mass is 173 g/mol. The van der Waals surface area contributed by atoms with Crippen LogP contribution in [0, 0.1) is 5.92 Å². The highest BCUT2D eigenvalue weighted by atomic mass is 16.4. The highest BCUT2D eigenvalue weighted by Gasteiger charge is 2.39. The summed E-state index contributed by atoms with van der Waals surface area (Å²) in [5.41, 5.74) is 0. The van der Waals surface area contributed by atoms with Crippen molar-refractivity contribution in [2.75, 3.05) is 6.54 Å². The van der Waals surface area contributed by atoms with Gasteiger partial charge in [-0.1, -0.05) is 0 Å². The van der Waals surface area contributed by atoms with E-state index in [4.69, 9.17) is 10.2 Å². The average Bonchev–Trinajstić information content (AvgIpc) is 2.30. The van der Waals surface area contributed by atoms with Crippen molar-refractivity contribution in [2.24, 2.45) is 5.92 Å². The Hall–Kier alpha value is -1.59. The second kappa shape index (κ2) is 2.80. The summed E-state index contributed by atoms with van der Waals surface area (Å²) in [6, 6.07) is 0. The standard InChI is InChI=1S/C6H7NO5/c8-4-3(5(9)10)1-2-7(4)6(11)12/h3H,1-2H2,(H,9,10)(H,11,12)/t3-/m1/s1. The molecule has 0 radical (unpaired) electrons. The Labute approximate surface area is 67.4 Å². The van der Waals surface area contributed by atoms with E-state index in [0.717, 1.165) is 0 Å². The van der Waals surface area contributed by atoms with E-state index < -0.39 is 23.9 Å². The van der Waals surface area contributed by atoms with Gasteiger partial charge in [-0.2, -0.15) is 0 Å². The van der Waals surface area contributed by atoms with Crippen LogP contribution in [0.15, 0.2) is 0 Å². The van der Waals surface area contributed by atoms with Crippen LogP contribution in [-0.4, -0.2) is 39.6 Å². The zero-order chi connectivity index (χ0) is 9.30. The highest BCUT2D eigenvalue weighted by Crippen LogP contribution is 2.17. The number of amides is 2. The number of carboxylic acids is 1. The van der Waals surface area contributed by atoms with Crippen LogP contribution in [0.4, 0.5) is 4.79 Å². The number of hydrogen-bond donors (Lipinski definition) is 2. The van der Waals surface area contributed by atoms with Gasteiger partial charge in [0.05, 0.1) is 0 Å². The van der Waals surface area contributed by atoms with Gasteiger partial charge in [-0.15, -0.1) is 0 Å². The summed E-state index contributed by atoms with van der Waals surface area (Å²) >= 11 is 0. The van der Waals surface area contributed by atoms with Gasteiger partial charge in [0.15, 0.2) is 0 Å². The summed E-state index contributed by atoms with van der Waals surface area (Å²) in [5.74, 6) is -3.28. The maximum Gasteiger partial charge on any atom is 0.414 e. The largest absolute Gasteiger partial charge is 0.481 e. The molecule has 6 heteroatoms. The van der Waals surface area contributed by atoms with Crippen molar-refractivity contribution in [3.8, 4) is 0 Å². The fourth-order valence-electron chi connectivity index (χ4n) is 1.10. The van der Waals surface area contributed by atoms with Crippen LogP contribution in [0.2, 0.25) is 0 Å². The smallest absolute Gasteiger partial charge is 0.414 e. The van der Waals surface area contributed by atoms with E-state index in [9.17, 15) is 14.4 Å². The van der Waals surface area contributed by atoms with Crippen LogP contribution >= 0.6 is 0 Å². The predicted molar refractivity (Wildman–Crippen MR) is 35.5 cm³/mol. The van der Waals surface area contributed by atoms with E-state index in [-0.39, 0.29) is 13.0 Å². The third-order valence-corrected chi connectivity index (χ3v) is 1.73. The lowest BCUT2D eigenvalue weighted by Crippen LogP contribution is -2.34. The number of nitrogens with zero attached hydrogens (tertiary/aromatic N) is 1. The Morgan fingerprint density at radius 2 is 2.00 bits per heavy atom. The van der Waals surface area contributed by atoms with Gasteiger partial charge in [0.2, 0.25) is 5.91 Å². The molecule has 1 fully saturated rings. The van der Waals surface area contributed by atoms with Crippen LogP contribution in [0.25, 0.3) is 0 Å². The van der Waals surface area contributed by atoms with Crippen molar-refractivity contribution in [3.05, 3.63) is 0 Å². The van der Waals surface area contributed by atoms with Crippen molar-refractivity contribution in [2.45, 2.75) is 6.42 Å². The van der Waals surface area contributed by atoms with Gasteiger partial charge in [-0.3, -0.25) is 9.59 Å². The minimum atomic E-state index is -1.39. The van der Waals surface area contributed by atoms with Gasteiger partial charge in [0.25, 0.3) is 0 Å². The molecule has 2 N–H and O–H groups in total. The number of likely N-dealkylation sites (tertiary alicyclic amines) is 1. The molecular formula is C6H7NO5. The number of imide groups is 1. The second-order valence-corrected chi connectivity index (χ2v) is 2.45. The zero-order valence-corrected chi connectivity index (χ0v) is 6.06. The van der Waals surface area contributed by atoms with Gasteiger partial charge in [-0.05, 0) is 6.42 Å². The van der Waals surface area contributed by atoms with Crippen LogP contribution in [0.1, 0.15) is 6.42 Å². The molecule has 2 amide bonds. The van der Waals surface area contributed by atoms with Gasteiger partial charge < -0.3 is 10.2 Å². The molecule has 0 aromatic rings. The van der Waals surface area contributed by atoms with Gasteiger partial charge in [0.1, 0.15) is 5.92 Å². The molecule has 0 aromatic carbocycles. The second-order valence-electron chi connectivity index (χ2n) is 2.45. The van der Waals surface area contributed by atoms with Crippen molar-refractivity contribution in [3.63, 3.8) is 0 Å². The van der Waals surface area contributed by atoms with Crippen molar-refractivity contribution >= 4 is 18.0 Å². The minimum absolute atomic E-state index is 0.0227. The maximum absolute atomic E-state index is 11.0. The molecule has 0 bridgehead atoms. The number of aliphatic carboxylic acids is 1. The van der Waals surface area contributed by atoms with Crippen LogP contribution in [-0.2, 0) is 9.59 Å². The number of hydrogen-bond acceptors (Lipinski definition) is 3. The first kappa shape index (κ1) is 8.51. The number of carbonyl (C=O) groups excluding carboxylic acids is 1. The van der Waals surface area contributed by atoms with Gasteiger partial charge in [0, 0.05) is 6.54 Å². The average molecular weight is 173 g/mol. The molecule has 12 heavy (non-hydrogen) atoms. The molecule has 0 aliphatic carbocycles. The quantitative estimate of drug-likeness (QED) is 0.526. The first-order valence-corrected chi connectivity index (χ1v) is 3.31. The number of rotatable bonds is 1. The summed E-state index contributed by atoms with van der Waals surface area (Å²) in [5, 5.41) is 16.8. The molecule has 0 spiro atoms.